The van der Waals surface area contributed by atoms with Crippen LogP contribution in [0.25, 0.3) is 20.8 Å². The summed E-state index contributed by atoms with van der Waals surface area (Å²) >= 11 is 1.37. The summed E-state index contributed by atoms with van der Waals surface area (Å²) in [5.41, 5.74) is 7.15. The quantitative estimate of drug-likeness (QED) is 0.659. The zero-order valence-corrected chi connectivity index (χ0v) is 10.0. The summed E-state index contributed by atoms with van der Waals surface area (Å²) in [5, 5.41) is 10.0. The van der Waals surface area contributed by atoms with Gasteiger partial charge in [-0.25, -0.2) is 9.37 Å². The van der Waals surface area contributed by atoms with E-state index in [-0.39, 0.29) is 11.4 Å². The molecule has 2 aromatic carbocycles. The number of fused-ring (bicyclic) bond motifs is 1. The molecule has 0 fully saturated rings. The summed E-state index contributed by atoms with van der Waals surface area (Å²) in [6.07, 6.45) is 0. The zero-order chi connectivity index (χ0) is 12.7. The molecule has 0 spiro atoms. The van der Waals surface area contributed by atoms with Crippen molar-refractivity contribution in [2.75, 3.05) is 5.73 Å². The fourth-order valence-corrected chi connectivity index (χ4v) is 2.79. The van der Waals surface area contributed by atoms with Crippen LogP contribution in [0.2, 0.25) is 0 Å². The molecule has 0 amide bonds. The Hall–Kier alpha value is -2.14. The Morgan fingerprint density at radius 2 is 2.06 bits per heavy atom. The molecule has 90 valence electrons. The molecule has 3 rings (SSSR count). The minimum absolute atomic E-state index is 0.0979. The average Bonchev–Trinajstić information content (AvgIpc) is 2.75. The second kappa shape index (κ2) is 3.96. The van der Waals surface area contributed by atoms with Crippen LogP contribution in [0.1, 0.15) is 0 Å². The van der Waals surface area contributed by atoms with Gasteiger partial charge in [0.25, 0.3) is 0 Å². The number of hydrogen-bond donors (Lipinski definition) is 2. The number of aromatic hydroxyl groups is 1. The van der Waals surface area contributed by atoms with Gasteiger partial charge in [0.15, 0.2) is 0 Å². The maximum atomic E-state index is 13.4. The van der Waals surface area contributed by atoms with Crippen LogP contribution in [-0.2, 0) is 0 Å². The first-order valence-corrected chi connectivity index (χ1v) is 6.11. The third-order valence-electron chi connectivity index (χ3n) is 2.66. The molecule has 0 aliphatic rings. The van der Waals surface area contributed by atoms with Crippen molar-refractivity contribution in [3.05, 3.63) is 42.2 Å². The van der Waals surface area contributed by atoms with Crippen molar-refractivity contribution in [3.8, 4) is 16.3 Å². The summed E-state index contributed by atoms with van der Waals surface area (Å²) in [4.78, 5) is 4.39. The van der Waals surface area contributed by atoms with E-state index in [1.54, 1.807) is 30.3 Å². The highest BCUT2D eigenvalue weighted by molar-refractivity contribution is 7.21. The highest BCUT2D eigenvalue weighted by Gasteiger charge is 2.11. The number of hydrogen-bond acceptors (Lipinski definition) is 4. The third kappa shape index (κ3) is 1.69. The van der Waals surface area contributed by atoms with E-state index in [1.165, 1.54) is 17.4 Å². The van der Waals surface area contributed by atoms with E-state index < -0.39 is 5.82 Å². The molecule has 0 aliphatic carbocycles. The fraction of sp³-hybridized carbons (Fsp3) is 0. The average molecular weight is 260 g/mol. The van der Waals surface area contributed by atoms with Crippen molar-refractivity contribution in [1.82, 2.24) is 4.98 Å². The second-order valence-electron chi connectivity index (χ2n) is 3.87. The SMILES string of the molecule is Nc1c(F)cccc1-c1nc2ccc(O)cc2s1. The highest BCUT2D eigenvalue weighted by atomic mass is 32.1. The number of nitrogens with zero attached hydrogens (tertiary/aromatic N) is 1. The number of nitrogens with two attached hydrogens (primary N) is 1. The van der Waals surface area contributed by atoms with E-state index in [9.17, 15) is 9.50 Å². The van der Waals surface area contributed by atoms with E-state index >= 15 is 0 Å². The third-order valence-corrected chi connectivity index (χ3v) is 3.71. The summed E-state index contributed by atoms with van der Waals surface area (Å²) in [6, 6.07) is 9.57. The van der Waals surface area contributed by atoms with Gasteiger partial charge in [-0.15, -0.1) is 11.3 Å². The molecular formula is C13H9FN2OS. The predicted molar refractivity (Wildman–Crippen MR) is 71.1 cm³/mol. The molecule has 0 radical (unpaired) electrons. The van der Waals surface area contributed by atoms with Crippen LogP contribution in [0.5, 0.6) is 5.75 Å². The van der Waals surface area contributed by atoms with Crippen molar-refractivity contribution in [1.29, 1.82) is 0 Å². The minimum atomic E-state index is -0.449. The van der Waals surface area contributed by atoms with Gasteiger partial charge in [0.1, 0.15) is 16.6 Å². The predicted octanol–water partition coefficient (Wildman–Crippen LogP) is 3.39. The number of thiazole rings is 1. The normalized spacial score (nSPS) is 10.9. The van der Waals surface area contributed by atoms with Crippen LogP contribution in [0.4, 0.5) is 10.1 Å². The monoisotopic (exact) mass is 260 g/mol. The van der Waals surface area contributed by atoms with Crippen LogP contribution in [0, 0.1) is 5.82 Å². The lowest BCUT2D eigenvalue weighted by Crippen LogP contribution is -1.93. The first-order chi connectivity index (χ1) is 8.65. The number of nitrogen functional groups attached to an aromatic ring is 1. The van der Waals surface area contributed by atoms with E-state index in [4.69, 9.17) is 5.73 Å². The first-order valence-electron chi connectivity index (χ1n) is 5.29. The number of anilines is 1. The molecule has 1 aromatic heterocycles. The van der Waals surface area contributed by atoms with Gasteiger partial charge in [0, 0.05) is 5.56 Å². The Bertz CT molecular complexity index is 739. The lowest BCUT2D eigenvalue weighted by atomic mass is 10.2. The van der Waals surface area contributed by atoms with Crippen molar-refractivity contribution in [2.45, 2.75) is 0 Å². The minimum Gasteiger partial charge on any atom is -0.508 e. The first kappa shape index (κ1) is 11.0. The Morgan fingerprint density at radius 1 is 1.22 bits per heavy atom. The molecule has 3 aromatic rings. The summed E-state index contributed by atoms with van der Waals surface area (Å²) < 4.78 is 14.2. The van der Waals surface area contributed by atoms with E-state index in [1.807, 2.05) is 0 Å². The van der Waals surface area contributed by atoms with E-state index in [0.29, 0.717) is 10.6 Å². The van der Waals surface area contributed by atoms with Crippen molar-refractivity contribution in [3.63, 3.8) is 0 Å². The number of halogens is 1. The van der Waals surface area contributed by atoms with Crippen LogP contribution in [0.15, 0.2) is 36.4 Å². The van der Waals surface area contributed by atoms with Gasteiger partial charge in [-0.2, -0.15) is 0 Å². The topological polar surface area (TPSA) is 59.1 Å². The van der Waals surface area contributed by atoms with Crippen molar-refractivity contribution in [2.24, 2.45) is 0 Å². The van der Waals surface area contributed by atoms with Crippen LogP contribution >= 0.6 is 11.3 Å². The molecular weight excluding hydrogens is 251 g/mol. The van der Waals surface area contributed by atoms with Crippen LogP contribution in [0.3, 0.4) is 0 Å². The number of phenols is 1. The summed E-state index contributed by atoms with van der Waals surface area (Å²) in [7, 11) is 0. The molecule has 0 unspecified atom stereocenters. The van der Waals surface area contributed by atoms with Gasteiger partial charge in [-0.3, -0.25) is 0 Å². The molecule has 18 heavy (non-hydrogen) atoms. The number of phenolic OH excluding ortho intramolecular Hbond substituents is 1. The Kier molecular flexibility index (Phi) is 2.41. The number of rotatable bonds is 1. The summed E-state index contributed by atoms with van der Waals surface area (Å²) in [5.74, 6) is -0.264. The number of benzene rings is 2. The zero-order valence-electron chi connectivity index (χ0n) is 9.22. The molecule has 3 N–H and O–H groups in total. The molecule has 0 saturated carbocycles. The van der Waals surface area contributed by atoms with E-state index in [2.05, 4.69) is 4.98 Å². The standard InChI is InChI=1S/C13H9FN2OS/c14-9-3-1-2-8(12(9)15)13-16-10-5-4-7(17)6-11(10)18-13/h1-6,17H,15H2. The van der Waals surface area contributed by atoms with Crippen molar-refractivity contribution < 1.29 is 9.50 Å². The number of aromatic nitrogens is 1. The van der Waals surface area contributed by atoms with Crippen LogP contribution in [-0.4, -0.2) is 10.1 Å². The maximum absolute atomic E-state index is 13.4. The fourth-order valence-electron chi connectivity index (χ4n) is 1.75. The van der Waals surface area contributed by atoms with Gasteiger partial charge >= 0.3 is 0 Å². The van der Waals surface area contributed by atoms with Gasteiger partial charge in [-0.1, -0.05) is 6.07 Å². The smallest absolute Gasteiger partial charge is 0.146 e. The molecule has 0 atom stereocenters. The highest BCUT2D eigenvalue weighted by Crippen LogP contribution is 2.35. The molecule has 0 aliphatic heterocycles. The molecule has 0 saturated heterocycles. The van der Waals surface area contributed by atoms with Gasteiger partial charge in [0.2, 0.25) is 0 Å². The molecule has 1 heterocycles. The summed E-state index contributed by atoms with van der Waals surface area (Å²) in [6.45, 7) is 0. The second-order valence-corrected chi connectivity index (χ2v) is 4.90. The Morgan fingerprint density at radius 3 is 2.89 bits per heavy atom. The lowest BCUT2D eigenvalue weighted by Gasteiger charge is -2.01. The van der Waals surface area contributed by atoms with Crippen molar-refractivity contribution >= 4 is 27.2 Å². The van der Waals surface area contributed by atoms with Gasteiger partial charge in [0.05, 0.1) is 15.9 Å². The maximum Gasteiger partial charge on any atom is 0.146 e. The lowest BCUT2D eigenvalue weighted by molar-refractivity contribution is 0.476. The van der Waals surface area contributed by atoms with Crippen LogP contribution < -0.4 is 5.73 Å². The number of para-hydroxylation sites is 1. The molecule has 0 bridgehead atoms. The Balaban J connectivity index is 2.22. The van der Waals surface area contributed by atoms with Gasteiger partial charge in [-0.05, 0) is 30.3 Å². The largest absolute Gasteiger partial charge is 0.508 e. The molecule has 3 nitrogen and oxygen atoms in total. The molecule has 5 heteroatoms. The van der Waals surface area contributed by atoms with E-state index in [0.717, 1.165) is 10.2 Å². The Labute approximate surface area is 106 Å². The van der Waals surface area contributed by atoms with Gasteiger partial charge < -0.3 is 10.8 Å².